The molecule has 6 rings (SSSR count). The van der Waals surface area contributed by atoms with Gasteiger partial charge >= 0.3 is 48.4 Å². The number of anilines is 6. The van der Waals surface area contributed by atoms with Crippen LogP contribution in [0.15, 0.2) is 146 Å². The Labute approximate surface area is 404 Å². The molecule has 0 fully saturated rings. The van der Waals surface area contributed by atoms with E-state index < -0.39 is 120 Å². The zero-order valence-electron chi connectivity index (χ0n) is 36.8. The Kier molecular flexibility index (Phi) is 15.8. The number of rotatable bonds is 19. The molecule has 0 saturated heterocycles. The molecule has 398 valence electrons. The molecule has 0 unspecified atom stereocenters. The van der Waals surface area contributed by atoms with Crippen LogP contribution in [0.2, 0.25) is 0 Å². The van der Waals surface area contributed by atoms with E-state index in [1.807, 2.05) is 0 Å². The Balaban J connectivity index is 1.36. The van der Waals surface area contributed by atoms with Gasteiger partial charge in [0.05, 0.1) is 0 Å². The predicted octanol–water partition coefficient (Wildman–Crippen LogP) is 16.5. The quantitative estimate of drug-likeness (QED) is 0.0753. The van der Waals surface area contributed by atoms with Gasteiger partial charge in [0.1, 0.15) is 23.0 Å². The van der Waals surface area contributed by atoms with Gasteiger partial charge in [-0.2, -0.15) is 87.8 Å². The second-order valence-corrected chi connectivity index (χ2v) is 15.7. The van der Waals surface area contributed by atoms with Gasteiger partial charge in [0.15, 0.2) is 26.4 Å². The molecule has 0 spiro atoms. The molecule has 0 heterocycles. The van der Waals surface area contributed by atoms with Gasteiger partial charge in [-0.1, -0.05) is 24.3 Å². The molecule has 26 heteroatoms. The van der Waals surface area contributed by atoms with Gasteiger partial charge in [-0.15, -0.1) is 0 Å². The van der Waals surface area contributed by atoms with Gasteiger partial charge in [-0.25, -0.2) is 0 Å². The lowest BCUT2D eigenvalue weighted by atomic mass is 9.90. The van der Waals surface area contributed by atoms with Crippen LogP contribution in [0.3, 0.4) is 0 Å². The molecule has 74 heavy (non-hydrogen) atoms. The Morgan fingerprint density at radius 3 is 0.689 bits per heavy atom. The Morgan fingerprint density at radius 1 is 0.270 bits per heavy atom. The summed E-state index contributed by atoms with van der Waals surface area (Å²) in [5.74, 6) is -28.0. The zero-order valence-corrected chi connectivity index (χ0v) is 36.8. The molecular formula is C48H32F20N2O4. The van der Waals surface area contributed by atoms with Crippen LogP contribution in [0.5, 0.6) is 23.0 Å². The van der Waals surface area contributed by atoms with Crippen molar-refractivity contribution in [2.75, 3.05) is 36.2 Å². The summed E-state index contributed by atoms with van der Waals surface area (Å²) in [6.07, 6.45) is -19.2. The van der Waals surface area contributed by atoms with Crippen molar-refractivity contribution in [2.45, 2.75) is 48.4 Å². The number of ether oxygens (including phenoxy) is 4. The lowest BCUT2D eigenvalue weighted by Gasteiger charge is -2.37. The van der Waals surface area contributed by atoms with Gasteiger partial charge in [0, 0.05) is 45.3 Å². The van der Waals surface area contributed by atoms with E-state index in [0.717, 1.165) is 119 Å². The van der Waals surface area contributed by atoms with Gasteiger partial charge in [-0.3, -0.25) is 0 Å². The minimum atomic E-state index is -7.00. The largest absolute Gasteiger partial charge is 0.484 e. The number of benzene rings is 6. The van der Waals surface area contributed by atoms with Crippen molar-refractivity contribution >= 4 is 34.1 Å². The highest BCUT2D eigenvalue weighted by Gasteiger charge is 2.81. The second kappa shape index (κ2) is 20.9. The molecule has 0 bridgehead atoms. The summed E-state index contributed by atoms with van der Waals surface area (Å²) in [5, 5.41) is 0. The van der Waals surface area contributed by atoms with Crippen LogP contribution < -0.4 is 28.7 Å². The summed E-state index contributed by atoms with van der Waals surface area (Å²) in [6.45, 7) is -7.05. The SMILES string of the molecule is FC(F)(F)COc1ccc(N(c2ccc(OCC(F)(F)F)cc2)c2cccc(C(F)(F)C(F)(F)C(F)(F)C(F)(F)c3cccc(N(c4ccc(OCC(F)(F)F)cc4)c4ccc(OCC(F)(F)F)cc4)c3)c2)cc1. The normalized spacial score (nSPS) is 13.1. The second-order valence-electron chi connectivity index (χ2n) is 15.7. The molecule has 0 aliphatic heterocycles. The highest BCUT2D eigenvalue weighted by atomic mass is 19.4. The molecule has 6 aromatic rings. The molecule has 0 amide bonds. The maximum absolute atomic E-state index is 16.2. The molecule has 0 radical (unpaired) electrons. The van der Waals surface area contributed by atoms with Crippen molar-refractivity contribution in [1.82, 2.24) is 0 Å². The van der Waals surface area contributed by atoms with E-state index in [4.69, 9.17) is 0 Å². The average Bonchev–Trinajstić information content (AvgIpc) is 3.32. The van der Waals surface area contributed by atoms with Crippen LogP contribution in [0.4, 0.5) is 122 Å². The van der Waals surface area contributed by atoms with Crippen LogP contribution in [-0.2, 0) is 11.8 Å². The van der Waals surface area contributed by atoms with Crippen molar-refractivity contribution in [3.8, 4) is 23.0 Å². The molecule has 0 aliphatic carbocycles. The highest BCUT2D eigenvalue weighted by molar-refractivity contribution is 5.79. The van der Waals surface area contributed by atoms with Gasteiger partial charge < -0.3 is 28.7 Å². The predicted molar refractivity (Wildman–Crippen MR) is 226 cm³/mol. The van der Waals surface area contributed by atoms with E-state index in [-0.39, 0.29) is 47.0 Å². The summed E-state index contributed by atoms with van der Waals surface area (Å²) in [7, 11) is 0. The maximum atomic E-state index is 16.2. The van der Waals surface area contributed by atoms with E-state index in [1.54, 1.807) is 0 Å². The third-order valence-corrected chi connectivity index (χ3v) is 10.1. The van der Waals surface area contributed by atoms with Crippen molar-refractivity contribution in [3.63, 3.8) is 0 Å². The number of halogens is 20. The standard InChI is InChI=1S/C48H32F20N2O4/c49-41(50,51)25-71-37-15-7-31(8-16-37)69(32-9-17-38(18-10-32)72-26-42(52,53)54)35-5-1-3-29(23-35)45(61,62)47(65,66)48(67,68)46(63,64)30-4-2-6-36(24-30)70(33-11-19-39(20-12-33)73-27-43(55,56)57)34-13-21-40(22-14-34)74-28-44(58,59)60/h1-24H,25-28H2. The van der Waals surface area contributed by atoms with Crippen LogP contribution in [0.25, 0.3) is 0 Å². The van der Waals surface area contributed by atoms with Crippen LogP contribution in [-0.4, -0.2) is 63.0 Å². The summed E-state index contributed by atoms with van der Waals surface area (Å²) in [4.78, 5) is 1.80. The summed E-state index contributed by atoms with van der Waals surface area (Å²) in [5.41, 5.74) is -6.00. The lowest BCUT2D eigenvalue weighted by molar-refractivity contribution is -0.374. The Morgan fingerprint density at radius 2 is 0.486 bits per heavy atom. The van der Waals surface area contributed by atoms with E-state index >= 15 is 35.1 Å². The minimum absolute atomic E-state index is 0.182. The minimum Gasteiger partial charge on any atom is -0.484 e. The van der Waals surface area contributed by atoms with Crippen molar-refractivity contribution in [2.24, 2.45) is 0 Å². The van der Waals surface area contributed by atoms with Crippen LogP contribution in [0.1, 0.15) is 11.1 Å². The van der Waals surface area contributed by atoms with Crippen molar-refractivity contribution < 1.29 is 107 Å². The number of nitrogens with zero attached hydrogens (tertiary/aromatic N) is 2. The fourth-order valence-electron chi connectivity index (χ4n) is 6.76. The van der Waals surface area contributed by atoms with E-state index in [0.29, 0.717) is 12.1 Å². The molecule has 0 N–H and O–H groups in total. The van der Waals surface area contributed by atoms with E-state index in [9.17, 15) is 52.7 Å². The first-order valence-corrected chi connectivity index (χ1v) is 20.7. The number of hydrogen-bond donors (Lipinski definition) is 0. The molecule has 0 aromatic heterocycles. The fourth-order valence-corrected chi connectivity index (χ4v) is 6.76. The van der Waals surface area contributed by atoms with Gasteiger partial charge in [0.2, 0.25) is 0 Å². The topological polar surface area (TPSA) is 43.4 Å². The highest BCUT2D eigenvalue weighted by Crippen LogP contribution is 2.60. The van der Waals surface area contributed by atoms with Crippen molar-refractivity contribution in [1.29, 1.82) is 0 Å². The first-order valence-electron chi connectivity index (χ1n) is 20.7. The molecule has 0 aliphatic rings. The number of alkyl halides is 20. The smallest absolute Gasteiger partial charge is 0.422 e. The first kappa shape index (κ1) is 56.0. The Bertz CT molecular complexity index is 2480. The molecule has 0 atom stereocenters. The van der Waals surface area contributed by atoms with E-state index in [2.05, 4.69) is 18.9 Å². The monoisotopic (exact) mass is 1080 g/mol. The molecule has 6 nitrogen and oxygen atoms in total. The van der Waals surface area contributed by atoms with Gasteiger partial charge in [0.25, 0.3) is 0 Å². The number of hydrogen-bond acceptors (Lipinski definition) is 6. The van der Waals surface area contributed by atoms with E-state index in [1.165, 1.54) is 0 Å². The van der Waals surface area contributed by atoms with Crippen LogP contribution >= 0.6 is 0 Å². The summed E-state index contributed by atoms with van der Waals surface area (Å²) >= 11 is 0. The molecule has 6 aromatic carbocycles. The Hall–Kier alpha value is -7.28. The lowest BCUT2D eigenvalue weighted by Crippen LogP contribution is -2.59. The maximum Gasteiger partial charge on any atom is 0.422 e. The van der Waals surface area contributed by atoms with Crippen LogP contribution in [0, 0.1) is 0 Å². The third-order valence-electron chi connectivity index (χ3n) is 10.1. The van der Waals surface area contributed by atoms with Gasteiger partial charge in [-0.05, 0) is 121 Å². The molecule has 0 saturated carbocycles. The summed E-state index contributed by atoms with van der Waals surface area (Å²) in [6, 6.07) is 19.6. The average molecular weight is 1080 g/mol. The fraction of sp³-hybridized carbons (Fsp3) is 0.250. The van der Waals surface area contributed by atoms with Crippen molar-refractivity contribution in [3.05, 3.63) is 157 Å². The summed E-state index contributed by atoms with van der Waals surface area (Å²) < 4.78 is 301. The first-order chi connectivity index (χ1) is 34.2. The molecular weight excluding hydrogens is 1050 g/mol. The third kappa shape index (κ3) is 13.5. The zero-order chi connectivity index (χ0) is 54.7.